The maximum atomic E-state index is 12.8. The van der Waals surface area contributed by atoms with E-state index < -0.39 is 11.4 Å². The summed E-state index contributed by atoms with van der Waals surface area (Å²) >= 11 is 0. The molecule has 0 saturated carbocycles. The molecular weight excluding hydrogens is 235 g/mol. The van der Waals surface area contributed by atoms with Crippen molar-refractivity contribution >= 4 is 5.97 Å². The molecule has 0 saturated heterocycles. The lowest BCUT2D eigenvalue weighted by Crippen LogP contribution is -2.29. The topological polar surface area (TPSA) is 55.1 Å². The Morgan fingerprint density at radius 3 is 2.44 bits per heavy atom. The van der Waals surface area contributed by atoms with E-state index in [1.807, 2.05) is 0 Å². The molecule has 1 aromatic heterocycles. The van der Waals surface area contributed by atoms with Crippen molar-refractivity contribution < 1.29 is 14.3 Å². The van der Waals surface area contributed by atoms with Gasteiger partial charge in [0.1, 0.15) is 11.2 Å². The largest absolute Gasteiger partial charge is 0.481 e. The molecule has 0 atom stereocenters. The van der Waals surface area contributed by atoms with E-state index in [0.29, 0.717) is 11.4 Å². The highest BCUT2D eigenvalue weighted by molar-refractivity contribution is 5.79. The first kappa shape index (κ1) is 12.3. The van der Waals surface area contributed by atoms with Gasteiger partial charge in [0, 0.05) is 6.20 Å². The molecule has 1 N–H and O–H groups in total. The highest BCUT2D eigenvalue weighted by Gasteiger charge is 2.31. The van der Waals surface area contributed by atoms with Gasteiger partial charge in [0.25, 0.3) is 0 Å². The van der Waals surface area contributed by atoms with Crippen LogP contribution in [0.2, 0.25) is 0 Å². The molecule has 0 spiro atoms. The number of benzene rings is 1. The van der Waals surface area contributed by atoms with E-state index in [1.54, 1.807) is 38.2 Å². The van der Waals surface area contributed by atoms with Crippen LogP contribution in [0, 0.1) is 5.82 Å². The fourth-order valence-corrected chi connectivity index (χ4v) is 1.50. The summed E-state index contributed by atoms with van der Waals surface area (Å²) in [5.74, 6) is -1.26. The minimum absolute atomic E-state index is 0.322. The van der Waals surface area contributed by atoms with E-state index in [1.165, 1.54) is 16.8 Å². The van der Waals surface area contributed by atoms with Gasteiger partial charge in [-0.25, -0.2) is 9.07 Å². The number of hydrogen-bond donors (Lipinski definition) is 1. The summed E-state index contributed by atoms with van der Waals surface area (Å²) in [5.41, 5.74) is 0.0915. The first-order chi connectivity index (χ1) is 8.41. The van der Waals surface area contributed by atoms with E-state index in [0.717, 1.165) is 0 Å². The fraction of sp³-hybridized carbons (Fsp3) is 0.231. The molecule has 4 nitrogen and oxygen atoms in total. The monoisotopic (exact) mass is 248 g/mol. The van der Waals surface area contributed by atoms with Gasteiger partial charge in [0.05, 0.1) is 11.4 Å². The van der Waals surface area contributed by atoms with Crippen LogP contribution in [0.3, 0.4) is 0 Å². The van der Waals surface area contributed by atoms with Crippen LogP contribution in [-0.2, 0) is 10.2 Å². The summed E-state index contributed by atoms with van der Waals surface area (Å²) in [4.78, 5) is 11.1. The Labute approximate surface area is 104 Å². The Kier molecular flexibility index (Phi) is 2.90. The van der Waals surface area contributed by atoms with Gasteiger partial charge in [0.2, 0.25) is 0 Å². The quantitative estimate of drug-likeness (QED) is 0.907. The van der Waals surface area contributed by atoms with E-state index in [2.05, 4.69) is 5.10 Å². The molecule has 0 fully saturated rings. The second-order valence-electron chi connectivity index (χ2n) is 4.55. The Bertz CT molecular complexity index is 573. The summed E-state index contributed by atoms with van der Waals surface area (Å²) < 4.78 is 14.3. The summed E-state index contributed by atoms with van der Waals surface area (Å²) in [6.07, 6.45) is 1.66. The van der Waals surface area contributed by atoms with Crippen LogP contribution in [0.25, 0.3) is 5.69 Å². The average Bonchev–Trinajstić information content (AvgIpc) is 2.79. The second-order valence-corrected chi connectivity index (χ2v) is 4.55. The van der Waals surface area contributed by atoms with Gasteiger partial charge in [-0.15, -0.1) is 0 Å². The zero-order valence-corrected chi connectivity index (χ0v) is 10.1. The SMILES string of the molecule is CC(C)(C(=O)O)c1ccn(-c2ccc(F)cc2)n1. The number of carbonyl (C=O) groups is 1. The van der Waals surface area contributed by atoms with Crippen molar-refractivity contribution in [2.75, 3.05) is 0 Å². The summed E-state index contributed by atoms with van der Waals surface area (Å²) in [6, 6.07) is 7.48. The zero-order valence-electron chi connectivity index (χ0n) is 10.1. The first-order valence-corrected chi connectivity index (χ1v) is 5.47. The number of carboxylic acids is 1. The lowest BCUT2D eigenvalue weighted by atomic mass is 9.90. The van der Waals surface area contributed by atoms with Crippen LogP contribution in [-0.4, -0.2) is 20.9 Å². The summed E-state index contributed by atoms with van der Waals surface area (Å²) in [7, 11) is 0. The van der Waals surface area contributed by atoms with Crippen LogP contribution in [0.4, 0.5) is 4.39 Å². The Balaban J connectivity index is 2.37. The molecule has 94 valence electrons. The van der Waals surface area contributed by atoms with Crippen molar-refractivity contribution in [3.63, 3.8) is 0 Å². The number of carboxylic acid groups (broad SMARTS) is 1. The molecule has 0 aliphatic rings. The van der Waals surface area contributed by atoms with Gasteiger partial charge in [0.15, 0.2) is 0 Å². The molecule has 0 bridgehead atoms. The van der Waals surface area contributed by atoms with Gasteiger partial charge in [-0.2, -0.15) is 5.10 Å². The van der Waals surface area contributed by atoms with Gasteiger partial charge in [-0.1, -0.05) is 0 Å². The fourth-order valence-electron chi connectivity index (χ4n) is 1.50. The number of aromatic nitrogens is 2. The summed E-state index contributed by atoms with van der Waals surface area (Å²) in [5, 5.41) is 13.3. The number of hydrogen-bond acceptors (Lipinski definition) is 2. The van der Waals surface area contributed by atoms with Gasteiger partial charge in [-0.05, 0) is 44.2 Å². The number of rotatable bonds is 3. The molecular formula is C13H13FN2O2. The minimum atomic E-state index is -1.05. The third kappa shape index (κ3) is 2.11. The van der Waals surface area contributed by atoms with Crippen molar-refractivity contribution in [3.05, 3.63) is 48.0 Å². The van der Waals surface area contributed by atoms with E-state index >= 15 is 0 Å². The van der Waals surface area contributed by atoms with Crippen LogP contribution in [0.5, 0.6) is 0 Å². The minimum Gasteiger partial charge on any atom is -0.481 e. The van der Waals surface area contributed by atoms with Crippen LogP contribution in [0.15, 0.2) is 36.5 Å². The van der Waals surface area contributed by atoms with Gasteiger partial charge >= 0.3 is 5.97 Å². The Hall–Kier alpha value is -2.17. The van der Waals surface area contributed by atoms with Gasteiger partial charge < -0.3 is 5.11 Å². The molecule has 1 aromatic carbocycles. The summed E-state index contributed by atoms with van der Waals surface area (Å²) in [6.45, 7) is 3.18. The van der Waals surface area contributed by atoms with Crippen LogP contribution >= 0.6 is 0 Å². The van der Waals surface area contributed by atoms with Crippen molar-refractivity contribution in [2.45, 2.75) is 19.3 Å². The van der Waals surface area contributed by atoms with Crippen molar-refractivity contribution in [1.29, 1.82) is 0 Å². The molecule has 0 radical (unpaired) electrons. The van der Waals surface area contributed by atoms with E-state index in [9.17, 15) is 9.18 Å². The molecule has 2 rings (SSSR count). The molecule has 0 amide bonds. The molecule has 0 aliphatic heterocycles. The molecule has 0 unspecified atom stereocenters. The Morgan fingerprint density at radius 2 is 1.89 bits per heavy atom. The third-order valence-corrected chi connectivity index (χ3v) is 2.86. The first-order valence-electron chi connectivity index (χ1n) is 5.47. The number of nitrogens with zero attached hydrogens (tertiary/aromatic N) is 2. The average molecular weight is 248 g/mol. The molecule has 18 heavy (non-hydrogen) atoms. The Morgan fingerprint density at radius 1 is 1.28 bits per heavy atom. The van der Waals surface area contributed by atoms with Crippen molar-refractivity contribution in [1.82, 2.24) is 9.78 Å². The second kappa shape index (κ2) is 4.25. The standard InChI is InChI=1S/C13H13FN2O2/c1-13(2,12(17)18)11-7-8-16(15-11)10-5-3-9(14)4-6-10/h3-8H,1-2H3,(H,17,18). The van der Waals surface area contributed by atoms with Crippen LogP contribution in [0.1, 0.15) is 19.5 Å². The maximum absolute atomic E-state index is 12.8. The van der Waals surface area contributed by atoms with Crippen LogP contribution < -0.4 is 0 Å². The van der Waals surface area contributed by atoms with Gasteiger partial charge in [-0.3, -0.25) is 4.79 Å². The molecule has 2 aromatic rings. The highest BCUT2D eigenvalue weighted by Crippen LogP contribution is 2.22. The zero-order chi connectivity index (χ0) is 13.3. The highest BCUT2D eigenvalue weighted by atomic mass is 19.1. The molecule has 5 heteroatoms. The number of halogens is 1. The lowest BCUT2D eigenvalue weighted by Gasteiger charge is -2.15. The molecule has 0 aliphatic carbocycles. The third-order valence-electron chi connectivity index (χ3n) is 2.86. The predicted octanol–water partition coefficient (Wildman–Crippen LogP) is 2.37. The molecule has 1 heterocycles. The normalized spacial score (nSPS) is 11.5. The number of aliphatic carboxylic acids is 1. The van der Waals surface area contributed by atoms with E-state index in [4.69, 9.17) is 5.11 Å². The predicted molar refractivity (Wildman–Crippen MR) is 64.2 cm³/mol. The maximum Gasteiger partial charge on any atom is 0.315 e. The smallest absolute Gasteiger partial charge is 0.315 e. The lowest BCUT2D eigenvalue weighted by molar-refractivity contribution is -0.142. The van der Waals surface area contributed by atoms with Crippen molar-refractivity contribution in [3.8, 4) is 5.69 Å². The van der Waals surface area contributed by atoms with E-state index in [-0.39, 0.29) is 5.82 Å². The van der Waals surface area contributed by atoms with Crippen molar-refractivity contribution in [2.24, 2.45) is 0 Å².